The Morgan fingerprint density at radius 3 is 2.67 bits per heavy atom. The maximum atomic E-state index is 14.9. The number of carbonyl (C=O) groups excluding carboxylic acids is 2. The molecule has 9 nitrogen and oxygen atoms in total. The number of alkyl halides is 4. The number of carbonyl (C=O) groups is 2. The molecule has 4 rings (SSSR count). The number of aliphatic hydroxyl groups is 1. The van der Waals surface area contributed by atoms with Gasteiger partial charge in [-0.2, -0.15) is 8.78 Å². The molecule has 4 atom stereocenters. The van der Waals surface area contributed by atoms with Gasteiger partial charge in [0.1, 0.15) is 12.4 Å². The molecule has 1 amide bonds. The Balaban J connectivity index is 1.60. The highest BCUT2D eigenvalue weighted by molar-refractivity contribution is 7.49. The van der Waals surface area contributed by atoms with Gasteiger partial charge in [0, 0.05) is 11.8 Å². The summed E-state index contributed by atoms with van der Waals surface area (Å²) in [6, 6.07) is 6.01. The summed E-state index contributed by atoms with van der Waals surface area (Å²) in [5, 5.41) is 10.0. The molecule has 3 aliphatic heterocycles. The molecule has 180 valence electrons. The van der Waals surface area contributed by atoms with Crippen molar-refractivity contribution in [3.63, 3.8) is 0 Å². The number of ether oxygens (including phenoxy) is 1. The first kappa shape index (κ1) is 23.8. The lowest BCUT2D eigenvalue weighted by molar-refractivity contribution is -0.244. The van der Waals surface area contributed by atoms with Gasteiger partial charge in [-0.25, -0.2) is 17.7 Å². The minimum absolute atomic E-state index is 0.0133. The molecular formula is C18H15F5NO8P. The third-order valence-electron chi connectivity index (χ3n) is 5.28. The number of ketones is 1. The fourth-order valence-corrected chi connectivity index (χ4v) is 4.67. The predicted octanol–water partition coefficient (Wildman–Crippen LogP) is 2.69. The zero-order valence-corrected chi connectivity index (χ0v) is 17.2. The van der Waals surface area contributed by atoms with E-state index in [4.69, 9.17) is 18.3 Å². The van der Waals surface area contributed by atoms with E-state index in [1.165, 1.54) is 12.1 Å². The van der Waals surface area contributed by atoms with Crippen LogP contribution in [0.3, 0.4) is 0 Å². The number of hydrogen-bond acceptors (Lipinski definition) is 8. The molecule has 0 bridgehead atoms. The lowest BCUT2D eigenvalue weighted by atomic mass is 9.95. The van der Waals surface area contributed by atoms with E-state index in [1.54, 1.807) is 12.1 Å². The highest BCUT2D eigenvalue weighted by Gasteiger charge is 2.74. The standard InChI is InChI=1S/C18H15F5NO8P/c19-10-6-24(13(26)5-11(10)25)15-14(27)18(22,23)17(31-15,16(20)21)8-30-33(28)29-7-9-3-1-2-4-12(9)32-33/h1-4,6,14-16,27H,5,7-8H2/t14-,15+,17-,33?/m0/s1. The maximum Gasteiger partial charge on any atom is 0.530 e. The van der Waals surface area contributed by atoms with Gasteiger partial charge in [0.2, 0.25) is 17.3 Å². The zero-order valence-electron chi connectivity index (χ0n) is 16.3. The van der Waals surface area contributed by atoms with Gasteiger partial charge in [0.25, 0.3) is 6.43 Å². The summed E-state index contributed by atoms with van der Waals surface area (Å²) in [6.45, 7) is -2.13. The number of halogens is 5. The van der Waals surface area contributed by atoms with Gasteiger partial charge in [-0.15, -0.1) is 0 Å². The number of benzene rings is 1. The van der Waals surface area contributed by atoms with Gasteiger partial charge >= 0.3 is 13.7 Å². The molecule has 1 saturated heterocycles. The largest absolute Gasteiger partial charge is 0.530 e. The molecule has 3 aliphatic rings. The smallest absolute Gasteiger partial charge is 0.404 e. The van der Waals surface area contributed by atoms with Crippen LogP contribution in [0.4, 0.5) is 22.0 Å². The van der Waals surface area contributed by atoms with Crippen molar-refractivity contribution in [3.05, 3.63) is 41.9 Å². The van der Waals surface area contributed by atoms with Gasteiger partial charge in [0.05, 0.1) is 13.0 Å². The Morgan fingerprint density at radius 2 is 1.97 bits per heavy atom. The molecular weight excluding hydrogens is 484 g/mol. The molecule has 0 radical (unpaired) electrons. The summed E-state index contributed by atoms with van der Waals surface area (Å²) in [5.74, 6) is -8.82. The average molecular weight is 499 g/mol. The van der Waals surface area contributed by atoms with Crippen molar-refractivity contribution in [3.8, 4) is 5.75 Å². The van der Waals surface area contributed by atoms with Gasteiger partial charge < -0.3 is 14.4 Å². The number of allylic oxidation sites excluding steroid dienone is 1. The third kappa shape index (κ3) is 3.85. The molecule has 1 N–H and O–H groups in total. The minimum Gasteiger partial charge on any atom is -0.404 e. The predicted molar refractivity (Wildman–Crippen MR) is 95.6 cm³/mol. The topological polar surface area (TPSA) is 112 Å². The molecule has 0 saturated carbocycles. The lowest BCUT2D eigenvalue weighted by Gasteiger charge is -2.34. The Hall–Kier alpha value is -2.38. The molecule has 1 aromatic rings. The van der Waals surface area contributed by atoms with Crippen LogP contribution in [0.15, 0.2) is 36.3 Å². The normalized spacial score (nSPS) is 33.7. The van der Waals surface area contributed by atoms with Crippen molar-refractivity contribution in [2.45, 2.75) is 43.3 Å². The lowest BCUT2D eigenvalue weighted by Crippen LogP contribution is -2.57. The average Bonchev–Trinajstić information content (AvgIpc) is 2.96. The number of aliphatic hydroxyl groups excluding tert-OH is 1. The molecule has 33 heavy (non-hydrogen) atoms. The molecule has 0 spiro atoms. The van der Waals surface area contributed by atoms with Gasteiger partial charge in [-0.3, -0.25) is 23.5 Å². The van der Waals surface area contributed by atoms with E-state index in [1.807, 2.05) is 0 Å². The van der Waals surface area contributed by atoms with E-state index in [0.717, 1.165) is 0 Å². The first-order valence-corrected chi connectivity index (χ1v) is 10.8. The molecule has 3 heterocycles. The number of hydrogen-bond donors (Lipinski definition) is 1. The minimum atomic E-state index is -4.79. The van der Waals surface area contributed by atoms with Crippen LogP contribution in [-0.4, -0.2) is 58.6 Å². The van der Waals surface area contributed by atoms with Crippen molar-refractivity contribution in [2.24, 2.45) is 0 Å². The van der Waals surface area contributed by atoms with E-state index in [-0.39, 0.29) is 23.5 Å². The van der Waals surface area contributed by atoms with Crippen molar-refractivity contribution >= 4 is 19.5 Å². The quantitative estimate of drug-likeness (QED) is 0.374. The van der Waals surface area contributed by atoms with E-state index >= 15 is 0 Å². The Kier molecular flexibility index (Phi) is 5.86. The van der Waals surface area contributed by atoms with E-state index in [2.05, 4.69) is 0 Å². The van der Waals surface area contributed by atoms with Crippen LogP contribution in [0, 0.1) is 0 Å². The second-order valence-corrected chi connectivity index (χ2v) is 8.93. The van der Waals surface area contributed by atoms with Crippen molar-refractivity contribution < 1.29 is 59.5 Å². The molecule has 1 unspecified atom stereocenters. The number of fused-ring (bicyclic) bond motifs is 1. The molecule has 1 fully saturated rings. The number of Topliss-reactive ketones (excluding diaryl/α,β-unsaturated/α-hetero) is 1. The third-order valence-corrected chi connectivity index (χ3v) is 6.59. The Bertz CT molecular complexity index is 1070. The number of nitrogens with zero attached hydrogens (tertiary/aromatic N) is 1. The van der Waals surface area contributed by atoms with Crippen LogP contribution in [0.25, 0.3) is 0 Å². The van der Waals surface area contributed by atoms with E-state index in [9.17, 15) is 41.2 Å². The number of phosphoric acid groups is 1. The van der Waals surface area contributed by atoms with Crippen LogP contribution in [0.2, 0.25) is 0 Å². The SMILES string of the molecule is O=C1CC(=O)N([C@@H]2O[C@@](COP3(=O)OCc4ccccc4O3)(C(F)F)C(F)(F)[C@H]2O)C=C1F. The highest BCUT2D eigenvalue weighted by atomic mass is 31.2. The Labute approximate surface area is 182 Å². The van der Waals surface area contributed by atoms with Crippen LogP contribution in [0.1, 0.15) is 12.0 Å². The fraction of sp³-hybridized carbons (Fsp3) is 0.444. The molecule has 0 aromatic heterocycles. The first-order valence-electron chi connectivity index (χ1n) is 9.30. The zero-order chi connectivity index (χ0) is 24.2. The summed E-state index contributed by atoms with van der Waals surface area (Å²) in [7, 11) is -4.66. The maximum absolute atomic E-state index is 14.9. The van der Waals surface area contributed by atoms with Crippen molar-refractivity contribution in [2.75, 3.05) is 6.61 Å². The van der Waals surface area contributed by atoms with Gasteiger partial charge in [0.15, 0.2) is 18.2 Å². The summed E-state index contributed by atoms with van der Waals surface area (Å²) in [5.41, 5.74) is -3.49. The second kappa shape index (κ2) is 8.13. The van der Waals surface area contributed by atoms with E-state index < -0.39 is 68.6 Å². The number of rotatable bonds is 5. The monoisotopic (exact) mass is 499 g/mol. The van der Waals surface area contributed by atoms with Crippen LogP contribution in [0.5, 0.6) is 5.75 Å². The Morgan fingerprint density at radius 1 is 1.27 bits per heavy atom. The summed E-state index contributed by atoms with van der Waals surface area (Å²) >= 11 is 0. The summed E-state index contributed by atoms with van der Waals surface area (Å²) < 4.78 is 103. The molecule has 1 aromatic carbocycles. The number of phosphoric ester groups is 1. The van der Waals surface area contributed by atoms with Crippen LogP contribution >= 0.6 is 7.82 Å². The van der Waals surface area contributed by atoms with Gasteiger partial charge in [-0.05, 0) is 6.07 Å². The van der Waals surface area contributed by atoms with Crippen molar-refractivity contribution in [1.82, 2.24) is 4.90 Å². The number of para-hydroxylation sites is 1. The summed E-state index contributed by atoms with van der Waals surface area (Å²) in [6.07, 6.45) is -10.5. The highest BCUT2D eigenvalue weighted by Crippen LogP contribution is 2.57. The van der Waals surface area contributed by atoms with Crippen LogP contribution < -0.4 is 4.52 Å². The van der Waals surface area contributed by atoms with Gasteiger partial charge in [-0.1, -0.05) is 18.2 Å². The van der Waals surface area contributed by atoms with Crippen LogP contribution in [-0.2, 0) is 34.5 Å². The van der Waals surface area contributed by atoms with E-state index in [0.29, 0.717) is 5.56 Å². The molecule has 15 heteroatoms. The fourth-order valence-electron chi connectivity index (χ4n) is 3.43. The second-order valence-electron chi connectivity index (χ2n) is 7.34. The first-order chi connectivity index (χ1) is 15.4. The number of amides is 1. The molecule has 0 aliphatic carbocycles. The van der Waals surface area contributed by atoms with Crippen molar-refractivity contribution in [1.29, 1.82) is 0 Å². The summed E-state index contributed by atoms with van der Waals surface area (Å²) in [4.78, 5) is 23.4.